The summed E-state index contributed by atoms with van der Waals surface area (Å²) < 4.78 is 10.8. The van der Waals surface area contributed by atoms with Gasteiger partial charge in [0.05, 0.1) is 13.2 Å². The SMILES string of the molecule is COc1ccc(CN)cc1CN1CCC(OC)C1. The monoisotopic (exact) mass is 250 g/mol. The van der Waals surface area contributed by atoms with E-state index in [1.54, 1.807) is 14.2 Å². The average molecular weight is 250 g/mol. The van der Waals surface area contributed by atoms with Crippen LogP contribution in [0, 0.1) is 0 Å². The van der Waals surface area contributed by atoms with E-state index in [1.165, 1.54) is 5.56 Å². The van der Waals surface area contributed by atoms with Crippen LogP contribution < -0.4 is 10.5 Å². The van der Waals surface area contributed by atoms with E-state index in [0.29, 0.717) is 12.6 Å². The van der Waals surface area contributed by atoms with E-state index in [1.807, 2.05) is 12.1 Å². The number of benzene rings is 1. The molecule has 2 rings (SSSR count). The first kappa shape index (κ1) is 13.3. The van der Waals surface area contributed by atoms with E-state index >= 15 is 0 Å². The van der Waals surface area contributed by atoms with E-state index in [-0.39, 0.29) is 0 Å². The van der Waals surface area contributed by atoms with Gasteiger partial charge in [0, 0.05) is 38.9 Å². The number of likely N-dealkylation sites (tertiary alicyclic amines) is 1. The van der Waals surface area contributed by atoms with Gasteiger partial charge >= 0.3 is 0 Å². The van der Waals surface area contributed by atoms with Gasteiger partial charge in [-0.25, -0.2) is 0 Å². The molecule has 1 fully saturated rings. The van der Waals surface area contributed by atoms with Crippen LogP contribution in [0.1, 0.15) is 17.5 Å². The van der Waals surface area contributed by atoms with Crippen molar-refractivity contribution in [3.05, 3.63) is 29.3 Å². The minimum Gasteiger partial charge on any atom is -0.496 e. The first-order valence-corrected chi connectivity index (χ1v) is 6.37. The molecule has 4 nitrogen and oxygen atoms in total. The molecule has 18 heavy (non-hydrogen) atoms. The molecule has 0 spiro atoms. The van der Waals surface area contributed by atoms with E-state index in [9.17, 15) is 0 Å². The Morgan fingerprint density at radius 3 is 2.83 bits per heavy atom. The van der Waals surface area contributed by atoms with E-state index in [2.05, 4.69) is 11.0 Å². The van der Waals surface area contributed by atoms with Gasteiger partial charge in [-0.3, -0.25) is 4.90 Å². The Balaban J connectivity index is 2.07. The third-order valence-corrected chi connectivity index (χ3v) is 3.54. The van der Waals surface area contributed by atoms with Crippen LogP contribution in [-0.2, 0) is 17.8 Å². The molecule has 0 bridgehead atoms. The molecular formula is C14H22N2O2. The van der Waals surface area contributed by atoms with Gasteiger partial charge in [0.1, 0.15) is 5.75 Å². The molecule has 1 aliphatic heterocycles. The van der Waals surface area contributed by atoms with Crippen molar-refractivity contribution in [3.63, 3.8) is 0 Å². The highest BCUT2D eigenvalue weighted by Crippen LogP contribution is 2.23. The molecule has 4 heteroatoms. The summed E-state index contributed by atoms with van der Waals surface area (Å²) in [5, 5.41) is 0. The number of nitrogens with two attached hydrogens (primary N) is 1. The zero-order valence-corrected chi connectivity index (χ0v) is 11.2. The van der Waals surface area contributed by atoms with Gasteiger partial charge in [-0.05, 0) is 24.1 Å². The molecule has 0 amide bonds. The van der Waals surface area contributed by atoms with Crippen LogP contribution in [0.2, 0.25) is 0 Å². The second kappa shape index (κ2) is 6.18. The van der Waals surface area contributed by atoms with Crippen LogP contribution in [0.4, 0.5) is 0 Å². The van der Waals surface area contributed by atoms with Gasteiger partial charge in [-0.1, -0.05) is 6.07 Å². The predicted molar refractivity (Wildman–Crippen MR) is 71.6 cm³/mol. The normalized spacial score (nSPS) is 20.3. The maximum atomic E-state index is 5.69. The number of hydrogen-bond acceptors (Lipinski definition) is 4. The maximum Gasteiger partial charge on any atom is 0.123 e. The van der Waals surface area contributed by atoms with Gasteiger partial charge in [0.25, 0.3) is 0 Å². The van der Waals surface area contributed by atoms with Gasteiger partial charge < -0.3 is 15.2 Å². The molecule has 0 aromatic heterocycles. The molecule has 1 aromatic rings. The molecule has 1 saturated heterocycles. The summed E-state index contributed by atoms with van der Waals surface area (Å²) in [6.07, 6.45) is 1.48. The summed E-state index contributed by atoms with van der Waals surface area (Å²) in [6.45, 7) is 3.54. The van der Waals surface area contributed by atoms with Crippen molar-refractivity contribution in [1.82, 2.24) is 4.90 Å². The van der Waals surface area contributed by atoms with E-state index < -0.39 is 0 Å². The molecule has 1 unspecified atom stereocenters. The minimum atomic E-state index is 0.369. The van der Waals surface area contributed by atoms with Crippen LogP contribution in [-0.4, -0.2) is 38.3 Å². The van der Waals surface area contributed by atoms with Crippen molar-refractivity contribution in [3.8, 4) is 5.75 Å². The van der Waals surface area contributed by atoms with Crippen molar-refractivity contribution in [2.75, 3.05) is 27.3 Å². The number of nitrogens with zero attached hydrogens (tertiary/aromatic N) is 1. The number of methoxy groups -OCH3 is 2. The Morgan fingerprint density at radius 1 is 1.39 bits per heavy atom. The third-order valence-electron chi connectivity index (χ3n) is 3.54. The lowest BCUT2D eigenvalue weighted by molar-refractivity contribution is 0.107. The van der Waals surface area contributed by atoms with Gasteiger partial charge in [0.15, 0.2) is 0 Å². The van der Waals surface area contributed by atoms with Crippen LogP contribution in [0.5, 0.6) is 5.75 Å². The van der Waals surface area contributed by atoms with Crippen molar-refractivity contribution in [2.24, 2.45) is 5.73 Å². The van der Waals surface area contributed by atoms with Crippen LogP contribution >= 0.6 is 0 Å². The van der Waals surface area contributed by atoms with Crippen molar-refractivity contribution < 1.29 is 9.47 Å². The molecule has 1 aromatic carbocycles. The number of rotatable bonds is 5. The summed E-state index contributed by atoms with van der Waals surface area (Å²) in [5.74, 6) is 0.938. The van der Waals surface area contributed by atoms with Crippen molar-refractivity contribution in [2.45, 2.75) is 25.6 Å². The lowest BCUT2D eigenvalue weighted by Gasteiger charge is -2.18. The zero-order chi connectivity index (χ0) is 13.0. The molecule has 1 atom stereocenters. The molecular weight excluding hydrogens is 228 g/mol. The van der Waals surface area contributed by atoms with E-state index in [4.69, 9.17) is 15.2 Å². The standard InChI is InChI=1S/C14H22N2O2/c1-17-13-5-6-16(10-13)9-12-7-11(8-15)3-4-14(12)18-2/h3-4,7,13H,5-6,8-10,15H2,1-2H3. The average Bonchev–Trinajstić information content (AvgIpc) is 2.86. The molecule has 1 heterocycles. The van der Waals surface area contributed by atoms with Crippen LogP contribution in [0.3, 0.4) is 0 Å². The highest BCUT2D eigenvalue weighted by molar-refractivity contribution is 5.37. The second-order valence-electron chi connectivity index (χ2n) is 4.73. The Bertz CT molecular complexity index is 395. The summed E-state index contributed by atoms with van der Waals surface area (Å²) in [7, 11) is 3.49. The Kier molecular flexibility index (Phi) is 4.58. The molecule has 100 valence electrons. The largest absolute Gasteiger partial charge is 0.496 e. The highest BCUT2D eigenvalue weighted by atomic mass is 16.5. The first-order chi connectivity index (χ1) is 8.76. The van der Waals surface area contributed by atoms with Crippen molar-refractivity contribution in [1.29, 1.82) is 0 Å². The molecule has 0 aliphatic carbocycles. The van der Waals surface area contributed by atoms with E-state index in [0.717, 1.165) is 37.4 Å². The smallest absolute Gasteiger partial charge is 0.123 e. The second-order valence-corrected chi connectivity index (χ2v) is 4.73. The Labute approximate surface area is 109 Å². The van der Waals surface area contributed by atoms with Crippen LogP contribution in [0.25, 0.3) is 0 Å². The molecule has 0 saturated carbocycles. The fraction of sp³-hybridized carbons (Fsp3) is 0.571. The van der Waals surface area contributed by atoms with Gasteiger partial charge in [0.2, 0.25) is 0 Å². The first-order valence-electron chi connectivity index (χ1n) is 6.37. The topological polar surface area (TPSA) is 47.7 Å². The highest BCUT2D eigenvalue weighted by Gasteiger charge is 2.22. The third kappa shape index (κ3) is 3.02. The zero-order valence-electron chi connectivity index (χ0n) is 11.2. The number of hydrogen-bond donors (Lipinski definition) is 1. The fourth-order valence-electron chi connectivity index (χ4n) is 2.46. The lowest BCUT2D eigenvalue weighted by atomic mass is 10.1. The molecule has 0 radical (unpaired) electrons. The quantitative estimate of drug-likeness (QED) is 0.857. The summed E-state index contributed by atoms with van der Waals surface area (Å²) in [4.78, 5) is 2.40. The van der Waals surface area contributed by atoms with Crippen molar-refractivity contribution >= 4 is 0 Å². The Hall–Kier alpha value is -1.10. The Morgan fingerprint density at radius 2 is 2.22 bits per heavy atom. The molecule has 2 N–H and O–H groups in total. The minimum absolute atomic E-state index is 0.369. The maximum absolute atomic E-state index is 5.69. The van der Waals surface area contributed by atoms with Crippen LogP contribution in [0.15, 0.2) is 18.2 Å². The lowest BCUT2D eigenvalue weighted by Crippen LogP contribution is -2.22. The summed E-state index contributed by atoms with van der Waals surface area (Å²) in [6, 6.07) is 6.16. The number of ether oxygens (including phenoxy) is 2. The summed E-state index contributed by atoms with van der Waals surface area (Å²) in [5.41, 5.74) is 8.04. The summed E-state index contributed by atoms with van der Waals surface area (Å²) >= 11 is 0. The fourth-order valence-corrected chi connectivity index (χ4v) is 2.46. The van der Waals surface area contributed by atoms with Gasteiger partial charge in [-0.2, -0.15) is 0 Å². The predicted octanol–water partition coefficient (Wildman–Crippen LogP) is 1.37. The molecule has 1 aliphatic rings. The van der Waals surface area contributed by atoms with Gasteiger partial charge in [-0.15, -0.1) is 0 Å².